The molecule has 4 atom stereocenters. The van der Waals surface area contributed by atoms with Crippen molar-refractivity contribution >= 4 is 6.09 Å². The van der Waals surface area contributed by atoms with E-state index in [4.69, 9.17) is 10.5 Å². The van der Waals surface area contributed by atoms with Crippen molar-refractivity contribution in [3.05, 3.63) is 0 Å². The first kappa shape index (κ1) is 11.7. The molecule has 3 fully saturated rings. The molecule has 0 aromatic heterocycles. The number of carbonyl (C=O) groups is 1. The number of amides is 1. The van der Waals surface area contributed by atoms with E-state index in [0.717, 1.165) is 13.0 Å². The van der Waals surface area contributed by atoms with Crippen molar-refractivity contribution in [1.82, 2.24) is 4.90 Å². The van der Waals surface area contributed by atoms with Crippen molar-refractivity contribution in [1.29, 1.82) is 0 Å². The van der Waals surface area contributed by atoms with Gasteiger partial charge in [-0.3, -0.25) is 0 Å². The minimum atomic E-state index is -0.409. The quantitative estimate of drug-likeness (QED) is 0.738. The summed E-state index contributed by atoms with van der Waals surface area (Å²) < 4.78 is 5.39. The molecule has 16 heavy (non-hydrogen) atoms. The fourth-order valence-corrected chi connectivity index (χ4v) is 2.97. The molecule has 2 aliphatic heterocycles. The van der Waals surface area contributed by atoms with Crippen LogP contribution < -0.4 is 5.73 Å². The molecule has 2 heterocycles. The molecule has 0 aromatic carbocycles. The van der Waals surface area contributed by atoms with Crippen LogP contribution >= 0.6 is 0 Å². The summed E-state index contributed by atoms with van der Waals surface area (Å²) in [6, 6.07) is 0.496. The number of hydrogen-bond donors (Lipinski definition) is 1. The zero-order chi connectivity index (χ0) is 12.1. The Labute approximate surface area is 97.1 Å². The largest absolute Gasteiger partial charge is 0.444 e. The van der Waals surface area contributed by atoms with Gasteiger partial charge in [0, 0.05) is 18.6 Å². The van der Waals surface area contributed by atoms with Gasteiger partial charge in [0.2, 0.25) is 0 Å². The molecular weight excluding hydrogens is 204 g/mol. The lowest BCUT2D eigenvalue weighted by Crippen LogP contribution is -2.49. The maximum absolute atomic E-state index is 11.9. The Morgan fingerprint density at radius 3 is 2.56 bits per heavy atom. The zero-order valence-corrected chi connectivity index (χ0v) is 10.6. The van der Waals surface area contributed by atoms with Crippen LogP contribution in [0.15, 0.2) is 0 Å². The van der Waals surface area contributed by atoms with Gasteiger partial charge in [-0.1, -0.05) is 0 Å². The fraction of sp³-hybridized carbons (Fsp3) is 0.917. The first-order valence-corrected chi connectivity index (χ1v) is 6.05. The van der Waals surface area contributed by atoms with Gasteiger partial charge in [-0.15, -0.1) is 0 Å². The average Bonchev–Trinajstić information content (AvgIpc) is 2.53. The molecular formula is C12H22N2O2. The summed E-state index contributed by atoms with van der Waals surface area (Å²) in [6.07, 6.45) is 0.925. The van der Waals surface area contributed by atoms with Gasteiger partial charge in [0.1, 0.15) is 5.60 Å². The van der Waals surface area contributed by atoms with Crippen LogP contribution in [0.4, 0.5) is 4.79 Å². The molecule has 0 spiro atoms. The molecule has 2 N–H and O–H groups in total. The van der Waals surface area contributed by atoms with Crippen LogP contribution in [0.1, 0.15) is 34.1 Å². The molecule has 2 saturated heterocycles. The average molecular weight is 226 g/mol. The van der Waals surface area contributed by atoms with E-state index in [1.54, 1.807) is 0 Å². The molecule has 0 radical (unpaired) electrons. The van der Waals surface area contributed by atoms with Gasteiger partial charge >= 0.3 is 6.09 Å². The van der Waals surface area contributed by atoms with Gasteiger partial charge in [0.25, 0.3) is 0 Å². The van der Waals surface area contributed by atoms with Gasteiger partial charge < -0.3 is 15.4 Å². The molecule has 0 unspecified atom stereocenters. The van der Waals surface area contributed by atoms with E-state index in [1.807, 2.05) is 32.6 Å². The number of carbonyl (C=O) groups excluding carboxylic acids is 1. The third-order valence-corrected chi connectivity index (χ3v) is 3.60. The molecule has 4 heteroatoms. The van der Waals surface area contributed by atoms with E-state index in [2.05, 4.69) is 0 Å². The molecule has 1 amide bonds. The molecule has 92 valence electrons. The van der Waals surface area contributed by atoms with Crippen molar-refractivity contribution in [2.24, 2.45) is 17.6 Å². The number of fused-ring (bicyclic) bond motifs is 1. The van der Waals surface area contributed by atoms with Crippen LogP contribution in [-0.2, 0) is 4.74 Å². The lowest BCUT2D eigenvalue weighted by molar-refractivity contribution is 0.0191. The Balaban J connectivity index is 1.96. The van der Waals surface area contributed by atoms with Crippen molar-refractivity contribution < 1.29 is 9.53 Å². The van der Waals surface area contributed by atoms with Crippen molar-refractivity contribution in [2.75, 3.05) is 6.54 Å². The first-order chi connectivity index (χ1) is 7.29. The lowest BCUT2D eigenvalue weighted by atomic mass is 9.70. The number of nitrogens with zero attached hydrogens (tertiary/aromatic N) is 1. The summed E-state index contributed by atoms with van der Waals surface area (Å²) in [7, 11) is 0. The molecule has 0 aromatic rings. The molecule has 1 saturated carbocycles. The predicted molar refractivity (Wildman–Crippen MR) is 62.0 cm³/mol. The van der Waals surface area contributed by atoms with Crippen molar-refractivity contribution in [3.63, 3.8) is 0 Å². The molecule has 3 aliphatic rings. The van der Waals surface area contributed by atoms with E-state index < -0.39 is 5.60 Å². The summed E-state index contributed by atoms with van der Waals surface area (Å²) in [5, 5.41) is 0. The van der Waals surface area contributed by atoms with Crippen LogP contribution in [-0.4, -0.2) is 35.2 Å². The number of rotatable bonds is 1. The molecule has 2 bridgehead atoms. The topological polar surface area (TPSA) is 55.6 Å². The Bertz CT molecular complexity index is 296. The highest BCUT2D eigenvalue weighted by Gasteiger charge is 2.55. The van der Waals surface area contributed by atoms with Gasteiger partial charge in [-0.2, -0.15) is 0 Å². The standard InChI is InChI=1S/C12H22N2O2/c1-7(13)10-8-5-9(10)14(6-8)11(15)16-12(2,3)4/h7-10H,5-6,13H2,1-4H3/t7-,8-,9+,10+/m0/s1. The third-order valence-electron chi connectivity index (χ3n) is 3.60. The van der Waals surface area contributed by atoms with E-state index >= 15 is 0 Å². The number of hydrogen-bond acceptors (Lipinski definition) is 3. The van der Waals surface area contributed by atoms with Gasteiger partial charge in [-0.25, -0.2) is 4.79 Å². The monoisotopic (exact) mass is 226 g/mol. The minimum Gasteiger partial charge on any atom is -0.444 e. The summed E-state index contributed by atoms with van der Waals surface area (Å²) in [5.74, 6) is 1.07. The van der Waals surface area contributed by atoms with Crippen LogP contribution in [0.25, 0.3) is 0 Å². The normalized spacial score (nSPS) is 34.6. The van der Waals surface area contributed by atoms with E-state index in [0.29, 0.717) is 17.9 Å². The highest BCUT2D eigenvalue weighted by atomic mass is 16.6. The van der Waals surface area contributed by atoms with Crippen molar-refractivity contribution in [3.8, 4) is 0 Å². The SMILES string of the molecule is C[C@H](N)[C@@H]1[C@H]2C[C@H]1N(C(=O)OC(C)(C)C)C2. The van der Waals surface area contributed by atoms with Gasteiger partial charge in [-0.05, 0) is 46.0 Å². The van der Waals surface area contributed by atoms with Gasteiger partial charge in [0.05, 0.1) is 0 Å². The Hall–Kier alpha value is -0.770. The second-order valence-electron chi connectivity index (χ2n) is 6.13. The highest BCUT2D eigenvalue weighted by molar-refractivity contribution is 5.69. The lowest BCUT2D eigenvalue weighted by Gasteiger charge is -2.39. The van der Waals surface area contributed by atoms with Crippen LogP contribution in [0.3, 0.4) is 0 Å². The number of nitrogens with two attached hydrogens (primary N) is 1. The molecule has 4 nitrogen and oxygen atoms in total. The highest BCUT2D eigenvalue weighted by Crippen LogP contribution is 2.47. The van der Waals surface area contributed by atoms with Gasteiger partial charge in [0.15, 0.2) is 0 Å². The smallest absolute Gasteiger partial charge is 0.410 e. The van der Waals surface area contributed by atoms with Crippen LogP contribution in [0.5, 0.6) is 0 Å². The second kappa shape index (κ2) is 3.62. The second-order valence-corrected chi connectivity index (χ2v) is 6.13. The van der Waals surface area contributed by atoms with Crippen LogP contribution in [0, 0.1) is 11.8 Å². The maximum atomic E-state index is 11.9. The van der Waals surface area contributed by atoms with E-state index in [9.17, 15) is 4.79 Å². The maximum Gasteiger partial charge on any atom is 0.410 e. The summed E-state index contributed by atoms with van der Waals surface area (Å²) in [6.45, 7) is 8.55. The minimum absolute atomic E-state index is 0.177. The van der Waals surface area contributed by atoms with E-state index in [-0.39, 0.29) is 12.1 Å². The zero-order valence-electron chi connectivity index (χ0n) is 10.6. The summed E-state index contributed by atoms with van der Waals surface area (Å²) >= 11 is 0. The van der Waals surface area contributed by atoms with Crippen LogP contribution in [0.2, 0.25) is 0 Å². The van der Waals surface area contributed by atoms with E-state index in [1.165, 1.54) is 0 Å². The first-order valence-electron chi connectivity index (χ1n) is 6.05. The Morgan fingerprint density at radius 2 is 2.12 bits per heavy atom. The third kappa shape index (κ3) is 1.90. The van der Waals surface area contributed by atoms with Crippen molar-refractivity contribution in [2.45, 2.75) is 51.8 Å². The predicted octanol–water partition coefficient (Wildman–Crippen LogP) is 1.59. The Kier molecular flexibility index (Phi) is 2.65. The molecule has 1 aliphatic carbocycles. The summed E-state index contributed by atoms with van der Waals surface area (Å²) in [4.78, 5) is 13.8. The molecule has 3 rings (SSSR count). The summed E-state index contributed by atoms with van der Waals surface area (Å²) in [5.41, 5.74) is 5.52. The fourth-order valence-electron chi connectivity index (χ4n) is 2.97. The number of ether oxygens (including phenoxy) is 1. The Morgan fingerprint density at radius 1 is 1.50 bits per heavy atom.